The topological polar surface area (TPSA) is 80.4 Å². The monoisotopic (exact) mass is 215 g/mol. The van der Waals surface area contributed by atoms with Crippen LogP contribution in [0.1, 0.15) is 13.3 Å². The maximum Gasteiger partial charge on any atom is 0.178 e. The molecule has 0 saturated carbocycles. The molecule has 0 bridgehead atoms. The number of nitrogen functional groups attached to an aromatic ring is 1. The Kier molecular flexibility index (Phi) is 3.00. The first-order valence-electron chi connectivity index (χ1n) is 4.28. The summed E-state index contributed by atoms with van der Waals surface area (Å²) in [7, 11) is -3.24. The number of benzene rings is 1. The van der Waals surface area contributed by atoms with Crippen molar-refractivity contribution in [3.05, 3.63) is 18.2 Å². The number of sulfone groups is 1. The van der Waals surface area contributed by atoms with Gasteiger partial charge in [0.15, 0.2) is 9.84 Å². The molecule has 1 aromatic carbocycles. The second-order valence-electron chi connectivity index (χ2n) is 3.04. The van der Waals surface area contributed by atoms with E-state index in [1.165, 1.54) is 18.2 Å². The molecule has 0 spiro atoms. The lowest BCUT2D eigenvalue weighted by Crippen LogP contribution is -2.06. The molecular weight excluding hydrogens is 202 g/mol. The third-order valence-electron chi connectivity index (χ3n) is 1.83. The van der Waals surface area contributed by atoms with Crippen molar-refractivity contribution in [2.75, 3.05) is 11.5 Å². The molecule has 0 saturated heterocycles. The summed E-state index contributed by atoms with van der Waals surface area (Å²) in [5, 5.41) is 9.12. The zero-order chi connectivity index (χ0) is 10.8. The molecule has 14 heavy (non-hydrogen) atoms. The molecule has 0 aliphatic carbocycles. The van der Waals surface area contributed by atoms with Crippen molar-refractivity contribution in [1.29, 1.82) is 0 Å². The van der Waals surface area contributed by atoms with Gasteiger partial charge in [0.25, 0.3) is 0 Å². The van der Waals surface area contributed by atoms with Crippen LogP contribution in [-0.2, 0) is 9.84 Å². The number of phenols is 1. The summed E-state index contributed by atoms with van der Waals surface area (Å²) in [6.45, 7) is 1.79. The summed E-state index contributed by atoms with van der Waals surface area (Å²) in [6, 6.07) is 3.93. The van der Waals surface area contributed by atoms with Crippen molar-refractivity contribution < 1.29 is 13.5 Å². The molecule has 78 valence electrons. The highest BCUT2D eigenvalue weighted by atomic mass is 32.2. The highest BCUT2D eigenvalue weighted by Crippen LogP contribution is 2.23. The van der Waals surface area contributed by atoms with E-state index in [-0.39, 0.29) is 22.1 Å². The van der Waals surface area contributed by atoms with Gasteiger partial charge in [0.05, 0.1) is 16.3 Å². The SMILES string of the molecule is CCCS(=O)(=O)c1ccc(O)c(N)c1. The van der Waals surface area contributed by atoms with Gasteiger partial charge in [0.2, 0.25) is 0 Å². The fourth-order valence-electron chi connectivity index (χ4n) is 1.11. The van der Waals surface area contributed by atoms with E-state index in [0.717, 1.165) is 0 Å². The van der Waals surface area contributed by atoms with Crippen LogP contribution in [0.2, 0.25) is 0 Å². The maximum absolute atomic E-state index is 11.6. The molecule has 4 nitrogen and oxygen atoms in total. The quantitative estimate of drug-likeness (QED) is 0.585. The highest BCUT2D eigenvalue weighted by Gasteiger charge is 2.13. The standard InChI is InChI=1S/C9H13NO3S/c1-2-5-14(12,13)7-3-4-9(11)8(10)6-7/h3-4,6,11H,2,5,10H2,1H3. The summed E-state index contributed by atoms with van der Waals surface area (Å²) >= 11 is 0. The number of hydrogen-bond acceptors (Lipinski definition) is 4. The molecule has 0 aliphatic rings. The minimum atomic E-state index is -3.24. The van der Waals surface area contributed by atoms with Gasteiger partial charge in [-0.05, 0) is 24.6 Å². The van der Waals surface area contributed by atoms with E-state index in [0.29, 0.717) is 6.42 Å². The largest absolute Gasteiger partial charge is 0.506 e. The first-order chi connectivity index (χ1) is 6.47. The summed E-state index contributed by atoms with van der Waals surface area (Å²) in [5.74, 6) is -0.00235. The van der Waals surface area contributed by atoms with Gasteiger partial charge < -0.3 is 10.8 Å². The Morgan fingerprint density at radius 3 is 2.57 bits per heavy atom. The van der Waals surface area contributed by atoms with Gasteiger partial charge >= 0.3 is 0 Å². The maximum atomic E-state index is 11.6. The van der Waals surface area contributed by atoms with E-state index in [1.807, 2.05) is 0 Å². The fraction of sp³-hybridized carbons (Fsp3) is 0.333. The van der Waals surface area contributed by atoms with Crippen LogP contribution in [0.5, 0.6) is 5.75 Å². The molecule has 0 fully saturated rings. The first-order valence-corrected chi connectivity index (χ1v) is 5.94. The minimum absolute atomic E-state index is 0.0854. The summed E-state index contributed by atoms with van der Waals surface area (Å²) in [6.07, 6.45) is 0.559. The van der Waals surface area contributed by atoms with Gasteiger partial charge in [-0.3, -0.25) is 0 Å². The van der Waals surface area contributed by atoms with Crippen LogP contribution in [0.15, 0.2) is 23.1 Å². The Balaban J connectivity index is 3.15. The molecule has 0 unspecified atom stereocenters. The Morgan fingerprint density at radius 2 is 2.07 bits per heavy atom. The predicted molar refractivity (Wildman–Crippen MR) is 54.9 cm³/mol. The predicted octanol–water partition coefficient (Wildman–Crippen LogP) is 1.16. The lowest BCUT2D eigenvalue weighted by molar-refractivity contribution is 0.477. The van der Waals surface area contributed by atoms with Crippen LogP contribution in [0.4, 0.5) is 5.69 Å². The molecule has 1 aromatic rings. The smallest absolute Gasteiger partial charge is 0.178 e. The normalized spacial score (nSPS) is 11.5. The van der Waals surface area contributed by atoms with Crippen LogP contribution in [0.3, 0.4) is 0 Å². The Hall–Kier alpha value is -1.23. The van der Waals surface area contributed by atoms with E-state index in [9.17, 15) is 8.42 Å². The molecule has 3 N–H and O–H groups in total. The fourth-order valence-corrected chi connectivity index (χ4v) is 2.47. The highest BCUT2D eigenvalue weighted by molar-refractivity contribution is 7.91. The summed E-state index contributed by atoms with van der Waals surface area (Å²) < 4.78 is 23.1. The minimum Gasteiger partial charge on any atom is -0.506 e. The molecular formula is C9H13NO3S. The van der Waals surface area contributed by atoms with Gasteiger partial charge in [0, 0.05) is 0 Å². The first kappa shape index (κ1) is 10.8. The molecule has 5 heteroatoms. The zero-order valence-electron chi connectivity index (χ0n) is 7.90. The van der Waals surface area contributed by atoms with Crippen molar-refractivity contribution in [1.82, 2.24) is 0 Å². The molecule has 0 aliphatic heterocycles. The van der Waals surface area contributed by atoms with Crippen molar-refractivity contribution in [2.24, 2.45) is 0 Å². The van der Waals surface area contributed by atoms with Crippen LogP contribution in [0, 0.1) is 0 Å². The van der Waals surface area contributed by atoms with E-state index < -0.39 is 9.84 Å². The van der Waals surface area contributed by atoms with Crippen molar-refractivity contribution in [3.63, 3.8) is 0 Å². The lowest BCUT2D eigenvalue weighted by atomic mass is 10.3. The molecule has 0 aromatic heterocycles. The number of nitrogens with two attached hydrogens (primary N) is 1. The Labute approximate surface area is 83.3 Å². The summed E-state index contributed by atoms with van der Waals surface area (Å²) in [4.78, 5) is 0.162. The second-order valence-corrected chi connectivity index (χ2v) is 5.15. The third kappa shape index (κ3) is 2.17. The molecule has 0 atom stereocenters. The van der Waals surface area contributed by atoms with E-state index >= 15 is 0 Å². The van der Waals surface area contributed by atoms with Gasteiger partial charge in [-0.15, -0.1) is 0 Å². The number of anilines is 1. The van der Waals surface area contributed by atoms with Crippen molar-refractivity contribution in [2.45, 2.75) is 18.2 Å². The van der Waals surface area contributed by atoms with Gasteiger partial charge in [-0.1, -0.05) is 6.92 Å². The molecule has 1 rings (SSSR count). The number of aromatic hydroxyl groups is 1. The summed E-state index contributed by atoms with van der Waals surface area (Å²) in [5.41, 5.74) is 5.48. The third-order valence-corrected chi connectivity index (χ3v) is 3.75. The number of rotatable bonds is 3. The lowest BCUT2D eigenvalue weighted by Gasteiger charge is -2.04. The molecule has 0 radical (unpaired) electrons. The Morgan fingerprint density at radius 1 is 1.43 bits per heavy atom. The van der Waals surface area contributed by atoms with E-state index in [1.54, 1.807) is 6.92 Å². The number of hydrogen-bond donors (Lipinski definition) is 2. The van der Waals surface area contributed by atoms with Gasteiger partial charge in [0.1, 0.15) is 5.75 Å². The van der Waals surface area contributed by atoms with Crippen LogP contribution in [0.25, 0.3) is 0 Å². The zero-order valence-corrected chi connectivity index (χ0v) is 8.71. The van der Waals surface area contributed by atoms with Crippen LogP contribution < -0.4 is 5.73 Å². The van der Waals surface area contributed by atoms with E-state index in [4.69, 9.17) is 10.8 Å². The average Bonchev–Trinajstić information content (AvgIpc) is 2.09. The van der Waals surface area contributed by atoms with Crippen LogP contribution in [-0.4, -0.2) is 19.3 Å². The number of phenolic OH excluding ortho intramolecular Hbond substituents is 1. The molecule has 0 heterocycles. The molecule has 0 amide bonds. The van der Waals surface area contributed by atoms with Gasteiger partial charge in [-0.2, -0.15) is 0 Å². The van der Waals surface area contributed by atoms with Crippen molar-refractivity contribution in [3.8, 4) is 5.75 Å². The van der Waals surface area contributed by atoms with E-state index in [2.05, 4.69) is 0 Å². The Bertz CT molecular complexity index is 426. The van der Waals surface area contributed by atoms with Gasteiger partial charge in [-0.25, -0.2) is 8.42 Å². The van der Waals surface area contributed by atoms with Crippen LogP contribution >= 0.6 is 0 Å². The second kappa shape index (κ2) is 3.88. The average molecular weight is 215 g/mol. The van der Waals surface area contributed by atoms with Crippen molar-refractivity contribution >= 4 is 15.5 Å².